The molecular weight excluding hydrogens is 384 g/mol. The minimum Gasteiger partial charge on any atom is -0.456 e. The van der Waals surface area contributed by atoms with Gasteiger partial charge in [0, 0.05) is 20.1 Å². The zero-order valence-electron chi connectivity index (χ0n) is 10.6. The number of rotatable bonds is 1. The summed E-state index contributed by atoms with van der Waals surface area (Å²) in [4.78, 5) is 12.5. The Morgan fingerprint density at radius 1 is 0.950 bits per heavy atom. The van der Waals surface area contributed by atoms with E-state index >= 15 is 0 Å². The first-order valence-corrected chi connectivity index (χ1v) is 7.64. The quantitative estimate of drug-likeness (QED) is 0.562. The zero-order valence-corrected chi connectivity index (χ0v) is 13.8. The van der Waals surface area contributed by atoms with E-state index in [2.05, 4.69) is 31.9 Å². The number of benzene rings is 2. The predicted molar refractivity (Wildman–Crippen MR) is 88.1 cm³/mol. The number of hydrogen-bond acceptors (Lipinski definition) is 2. The number of hydrogen-bond donors (Lipinski definition) is 0. The van der Waals surface area contributed by atoms with Crippen molar-refractivity contribution < 1.29 is 4.42 Å². The smallest absolute Gasteiger partial charge is 0.196 e. The van der Waals surface area contributed by atoms with E-state index < -0.39 is 0 Å². The molecule has 0 spiro atoms. The Balaban J connectivity index is 2.32. The van der Waals surface area contributed by atoms with Crippen LogP contribution in [0.3, 0.4) is 0 Å². The summed E-state index contributed by atoms with van der Waals surface area (Å²) in [6, 6.07) is 13.2. The average molecular weight is 394 g/mol. The second-order valence-electron chi connectivity index (χ2n) is 4.53. The van der Waals surface area contributed by atoms with Gasteiger partial charge >= 0.3 is 0 Å². The molecule has 2 aromatic carbocycles. The summed E-state index contributed by atoms with van der Waals surface area (Å²) in [5.74, 6) is 0.623. The maximum Gasteiger partial charge on any atom is 0.196 e. The topological polar surface area (TPSA) is 30.2 Å². The molecule has 20 heavy (non-hydrogen) atoms. The molecule has 4 heteroatoms. The molecule has 100 valence electrons. The van der Waals surface area contributed by atoms with Gasteiger partial charge in [-0.15, -0.1) is 0 Å². The maximum absolute atomic E-state index is 12.5. The lowest BCUT2D eigenvalue weighted by Gasteiger charge is -2.07. The first kappa shape index (κ1) is 13.6. The molecule has 0 atom stereocenters. The van der Waals surface area contributed by atoms with Crippen molar-refractivity contribution in [2.24, 2.45) is 0 Å². The van der Waals surface area contributed by atoms with Crippen LogP contribution in [0.2, 0.25) is 0 Å². The van der Waals surface area contributed by atoms with Crippen LogP contribution in [-0.2, 0) is 0 Å². The predicted octanol–water partition coefficient (Wildman–Crippen LogP) is 5.29. The third kappa shape index (κ3) is 2.34. The zero-order chi connectivity index (χ0) is 14.3. The summed E-state index contributed by atoms with van der Waals surface area (Å²) >= 11 is 6.78. The molecule has 3 rings (SSSR count). The Morgan fingerprint density at radius 3 is 2.30 bits per heavy atom. The maximum atomic E-state index is 12.5. The molecule has 0 amide bonds. The standard InChI is InChI=1S/C16H10Br2O2/c1-9-15(19)13-8-12(18)6-7-14(13)20-16(9)10-2-4-11(17)5-3-10/h2-8H,1H3. The Kier molecular flexibility index (Phi) is 3.52. The normalized spacial score (nSPS) is 10.9. The molecule has 3 aromatic rings. The highest BCUT2D eigenvalue weighted by atomic mass is 79.9. The van der Waals surface area contributed by atoms with Gasteiger partial charge in [-0.25, -0.2) is 0 Å². The van der Waals surface area contributed by atoms with Gasteiger partial charge in [-0.1, -0.05) is 44.0 Å². The van der Waals surface area contributed by atoms with Gasteiger partial charge in [0.2, 0.25) is 0 Å². The molecule has 0 aliphatic heterocycles. The van der Waals surface area contributed by atoms with Crippen molar-refractivity contribution in [3.63, 3.8) is 0 Å². The molecule has 0 saturated heterocycles. The Hall–Kier alpha value is -1.39. The molecule has 2 nitrogen and oxygen atoms in total. The van der Waals surface area contributed by atoms with Crippen LogP contribution >= 0.6 is 31.9 Å². The Bertz CT molecular complexity index is 849. The van der Waals surface area contributed by atoms with Crippen LogP contribution in [0.5, 0.6) is 0 Å². The van der Waals surface area contributed by atoms with E-state index in [-0.39, 0.29) is 5.43 Å². The van der Waals surface area contributed by atoms with Crippen molar-refractivity contribution in [2.45, 2.75) is 6.92 Å². The van der Waals surface area contributed by atoms with Gasteiger partial charge in [0.05, 0.1) is 5.39 Å². The van der Waals surface area contributed by atoms with Gasteiger partial charge < -0.3 is 4.42 Å². The second kappa shape index (κ2) is 5.19. The molecular formula is C16H10Br2O2. The number of halogens is 2. The van der Waals surface area contributed by atoms with Crippen molar-refractivity contribution in [1.82, 2.24) is 0 Å². The van der Waals surface area contributed by atoms with E-state index in [1.165, 1.54) is 0 Å². The fourth-order valence-corrected chi connectivity index (χ4v) is 2.76. The molecule has 0 aliphatic carbocycles. The van der Waals surface area contributed by atoms with Gasteiger partial charge in [0.25, 0.3) is 0 Å². The SMILES string of the molecule is Cc1c(-c2ccc(Br)cc2)oc2ccc(Br)cc2c1=O. The van der Waals surface area contributed by atoms with Gasteiger partial charge in [-0.05, 0) is 37.3 Å². The lowest BCUT2D eigenvalue weighted by molar-refractivity contribution is 0.614. The van der Waals surface area contributed by atoms with Crippen LogP contribution in [0.1, 0.15) is 5.56 Å². The van der Waals surface area contributed by atoms with E-state index in [0.29, 0.717) is 22.3 Å². The lowest BCUT2D eigenvalue weighted by Crippen LogP contribution is -2.07. The fourth-order valence-electron chi connectivity index (χ4n) is 2.14. The third-order valence-electron chi connectivity index (χ3n) is 3.19. The van der Waals surface area contributed by atoms with Gasteiger partial charge in [0.15, 0.2) is 5.43 Å². The second-order valence-corrected chi connectivity index (χ2v) is 6.36. The van der Waals surface area contributed by atoms with Crippen LogP contribution in [-0.4, -0.2) is 0 Å². The first-order chi connectivity index (χ1) is 9.56. The van der Waals surface area contributed by atoms with E-state index in [1.54, 1.807) is 13.0 Å². The van der Waals surface area contributed by atoms with E-state index in [0.717, 1.165) is 14.5 Å². The molecule has 1 heterocycles. The summed E-state index contributed by atoms with van der Waals surface area (Å²) in [5.41, 5.74) is 2.12. The summed E-state index contributed by atoms with van der Waals surface area (Å²) < 4.78 is 7.78. The number of fused-ring (bicyclic) bond motifs is 1. The largest absolute Gasteiger partial charge is 0.456 e. The molecule has 1 aromatic heterocycles. The van der Waals surface area contributed by atoms with Crippen molar-refractivity contribution >= 4 is 42.8 Å². The highest BCUT2D eigenvalue weighted by Crippen LogP contribution is 2.27. The van der Waals surface area contributed by atoms with Gasteiger partial charge in [0.1, 0.15) is 11.3 Å². The highest BCUT2D eigenvalue weighted by molar-refractivity contribution is 9.10. The minimum absolute atomic E-state index is 0.00506. The summed E-state index contributed by atoms with van der Waals surface area (Å²) in [6.07, 6.45) is 0. The summed E-state index contributed by atoms with van der Waals surface area (Å²) in [5, 5.41) is 0.595. The van der Waals surface area contributed by atoms with Crippen molar-refractivity contribution in [3.8, 4) is 11.3 Å². The average Bonchev–Trinajstić information content (AvgIpc) is 2.44. The van der Waals surface area contributed by atoms with Crippen molar-refractivity contribution in [3.05, 3.63) is 67.2 Å². The van der Waals surface area contributed by atoms with Crippen molar-refractivity contribution in [1.29, 1.82) is 0 Å². The van der Waals surface area contributed by atoms with E-state index in [9.17, 15) is 4.79 Å². The van der Waals surface area contributed by atoms with E-state index in [4.69, 9.17) is 4.42 Å². The van der Waals surface area contributed by atoms with Gasteiger partial charge in [-0.3, -0.25) is 4.79 Å². The molecule has 0 aliphatic rings. The molecule has 0 fully saturated rings. The molecule has 0 radical (unpaired) electrons. The first-order valence-electron chi connectivity index (χ1n) is 6.05. The van der Waals surface area contributed by atoms with E-state index in [1.807, 2.05) is 36.4 Å². The van der Waals surface area contributed by atoms with Crippen molar-refractivity contribution in [2.75, 3.05) is 0 Å². The highest BCUT2D eigenvalue weighted by Gasteiger charge is 2.12. The van der Waals surface area contributed by atoms with Crippen LogP contribution in [0, 0.1) is 6.92 Å². The molecule has 0 saturated carbocycles. The molecule has 0 N–H and O–H groups in total. The van der Waals surface area contributed by atoms with Crippen LogP contribution in [0.4, 0.5) is 0 Å². The fraction of sp³-hybridized carbons (Fsp3) is 0.0625. The summed E-state index contributed by atoms with van der Waals surface area (Å²) in [7, 11) is 0. The van der Waals surface area contributed by atoms with Crippen LogP contribution in [0.15, 0.2) is 60.6 Å². The molecule has 0 bridgehead atoms. The monoisotopic (exact) mass is 392 g/mol. The molecule has 0 unspecified atom stereocenters. The van der Waals surface area contributed by atoms with Gasteiger partial charge in [-0.2, -0.15) is 0 Å². The Morgan fingerprint density at radius 2 is 1.60 bits per heavy atom. The minimum atomic E-state index is 0.00506. The lowest BCUT2D eigenvalue weighted by atomic mass is 10.1. The Labute approximate surface area is 132 Å². The van der Waals surface area contributed by atoms with Crippen LogP contribution in [0.25, 0.3) is 22.3 Å². The summed E-state index contributed by atoms with van der Waals surface area (Å²) in [6.45, 7) is 1.80. The van der Waals surface area contributed by atoms with Crippen LogP contribution < -0.4 is 5.43 Å². The third-order valence-corrected chi connectivity index (χ3v) is 4.21.